The molecule has 0 aliphatic carbocycles. The van der Waals surface area contributed by atoms with Crippen molar-refractivity contribution in [2.75, 3.05) is 35.5 Å². The molecule has 0 spiro atoms. The van der Waals surface area contributed by atoms with E-state index in [9.17, 15) is 15.0 Å². The van der Waals surface area contributed by atoms with Gasteiger partial charge in [0.2, 0.25) is 11.8 Å². The van der Waals surface area contributed by atoms with Gasteiger partial charge in [0.05, 0.1) is 54.1 Å². The summed E-state index contributed by atoms with van der Waals surface area (Å²) in [5, 5.41) is 18.9. The standard InChI is InChI=1S/C19H19NO3.C17H15NO5.C11H11NO.C9H10O2/c1-12-5-6-14(9-13(12)2)18-11-20-19(23-18)15-7-8-16(21-3)17(10-15)22-4;1-21-14-6-4-11(8-15(14)22-2)17-18-9-16(23-17)10-3-5-12(19)13(20)7-10;1-8-3-4-10(5-9(8)2)11-6-12-7-13-11;1-7-5-8(6-10)3-4-9(7)11-2/h5-11H,1-4H3;3-9,19-20H,1-2H3;3-7H,1-2H3;3-6H,1-2H3. The summed E-state index contributed by atoms with van der Waals surface area (Å²) in [4.78, 5) is 22.8. The van der Waals surface area contributed by atoms with E-state index in [4.69, 9.17) is 36.9 Å². The van der Waals surface area contributed by atoms with E-state index in [-0.39, 0.29) is 11.5 Å². The molecule has 3 aromatic heterocycles. The second kappa shape index (κ2) is 23.8. The van der Waals surface area contributed by atoms with E-state index in [1.54, 1.807) is 90.5 Å². The van der Waals surface area contributed by atoms with Crippen molar-refractivity contribution in [1.82, 2.24) is 15.0 Å². The number of ether oxygens (including phenoxy) is 5. The summed E-state index contributed by atoms with van der Waals surface area (Å²) in [7, 11) is 7.96. The molecular weight excluding hydrogens is 891 g/mol. The highest BCUT2D eigenvalue weighted by atomic mass is 16.5. The molecule has 0 fully saturated rings. The first-order chi connectivity index (χ1) is 33.8. The number of rotatable bonds is 11. The summed E-state index contributed by atoms with van der Waals surface area (Å²) in [6, 6.07) is 33.2. The molecule has 360 valence electrons. The topological polar surface area (TPSA) is 182 Å². The molecule has 0 bridgehead atoms. The van der Waals surface area contributed by atoms with Crippen LogP contribution in [0.4, 0.5) is 0 Å². The molecule has 0 amide bonds. The van der Waals surface area contributed by atoms with Gasteiger partial charge in [0, 0.05) is 33.4 Å². The maximum absolute atomic E-state index is 10.3. The van der Waals surface area contributed by atoms with Crippen LogP contribution in [0.15, 0.2) is 147 Å². The van der Waals surface area contributed by atoms with E-state index in [1.807, 2.05) is 43.3 Å². The van der Waals surface area contributed by atoms with Gasteiger partial charge in [-0.1, -0.05) is 24.3 Å². The van der Waals surface area contributed by atoms with E-state index in [0.717, 1.165) is 51.4 Å². The third-order valence-corrected chi connectivity index (χ3v) is 11.1. The number of oxazole rings is 3. The van der Waals surface area contributed by atoms with Gasteiger partial charge in [-0.15, -0.1) is 0 Å². The Morgan fingerprint density at radius 3 is 1.31 bits per heavy atom. The molecule has 6 aromatic carbocycles. The smallest absolute Gasteiger partial charge is 0.226 e. The van der Waals surface area contributed by atoms with Crippen LogP contribution in [-0.2, 0) is 0 Å². The normalized spacial score (nSPS) is 10.3. The zero-order valence-corrected chi connectivity index (χ0v) is 40.7. The maximum atomic E-state index is 10.3. The largest absolute Gasteiger partial charge is 0.504 e. The highest BCUT2D eigenvalue weighted by molar-refractivity contribution is 5.75. The molecule has 14 heteroatoms. The summed E-state index contributed by atoms with van der Waals surface area (Å²) < 4.78 is 42.9. The first-order valence-electron chi connectivity index (χ1n) is 21.8. The van der Waals surface area contributed by atoms with Crippen molar-refractivity contribution in [1.29, 1.82) is 0 Å². The molecule has 9 aromatic rings. The lowest BCUT2D eigenvalue weighted by Crippen LogP contribution is -1.90. The van der Waals surface area contributed by atoms with Crippen LogP contribution in [0.1, 0.15) is 38.2 Å². The number of hydrogen-bond donors (Lipinski definition) is 2. The van der Waals surface area contributed by atoms with E-state index < -0.39 is 0 Å². The molecule has 14 nitrogen and oxygen atoms in total. The van der Waals surface area contributed by atoms with Gasteiger partial charge in [0.1, 0.15) is 12.0 Å². The number of hydrogen-bond acceptors (Lipinski definition) is 14. The maximum Gasteiger partial charge on any atom is 0.226 e. The molecule has 9 rings (SSSR count). The number of aryl methyl sites for hydroxylation is 5. The number of aldehydes is 1. The zero-order chi connectivity index (χ0) is 50.3. The molecule has 0 atom stereocenters. The van der Waals surface area contributed by atoms with E-state index in [2.05, 4.69) is 66.9 Å². The Morgan fingerprint density at radius 2 is 0.886 bits per heavy atom. The third-order valence-electron chi connectivity index (χ3n) is 11.1. The Labute approximate surface area is 406 Å². The van der Waals surface area contributed by atoms with Crippen molar-refractivity contribution >= 4 is 6.29 Å². The number of carbonyl (C=O) groups is 1. The molecule has 0 radical (unpaired) electrons. The van der Waals surface area contributed by atoms with Gasteiger partial charge in [-0.25, -0.2) is 15.0 Å². The van der Waals surface area contributed by atoms with Crippen LogP contribution in [0.3, 0.4) is 0 Å². The van der Waals surface area contributed by atoms with Crippen LogP contribution >= 0.6 is 0 Å². The van der Waals surface area contributed by atoms with Crippen molar-refractivity contribution in [2.24, 2.45) is 0 Å². The summed E-state index contributed by atoms with van der Waals surface area (Å²) in [6.07, 6.45) is 7.30. The average molecular weight is 946 g/mol. The Kier molecular flexibility index (Phi) is 17.2. The molecule has 3 heterocycles. The Morgan fingerprint density at radius 1 is 0.429 bits per heavy atom. The Bertz CT molecular complexity index is 3010. The average Bonchev–Trinajstić information content (AvgIpc) is 4.21. The van der Waals surface area contributed by atoms with Gasteiger partial charge in [-0.05, 0) is 147 Å². The number of phenolic OH excluding ortho intramolecular Hbond substituents is 2. The van der Waals surface area contributed by atoms with Gasteiger partial charge >= 0.3 is 0 Å². The molecule has 0 aliphatic heterocycles. The number of nitrogens with zero attached hydrogens (tertiary/aromatic N) is 3. The molecule has 2 N–H and O–H groups in total. The van der Waals surface area contributed by atoms with E-state index in [1.165, 1.54) is 40.8 Å². The summed E-state index contributed by atoms with van der Waals surface area (Å²) in [5.41, 5.74) is 11.0. The minimum Gasteiger partial charge on any atom is -0.504 e. The fourth-order valence-corrected chi connectivity index (χ4v) is 6.82. The van der Waals surface area contributed by atoms with E-state index in [0.29, 0.717) is 51.7 Å². The van der Waals surface area contributed by atoms with Crippen molar-refractivity contribution < 1.29 is 51.9 Å². The van der Waals surface area contributed by atoms with Crippen LogP contribution in [0.2, 0.25) is 0 Å². The minimum atomic E-state index is -0.216. The van der Waals surface area contributed by atoms with Gasteiger partial charge < -0.3 is 47.1 Å². The lowest BCUT2D eigenvalue weighted by Gasteiger charge is -2.07. The molecule has 0 saturated carbocycles. The first-order valence-corrected chi connectivity index (χ1v) is 21.8. The monoisotopic (exact) mass is 945 g/mol. The molecule has 70 heavy (non-hydrogen) atoms. The number of methoxy groups -OCH3 is 5. The molecule has 0 aliphatic rings. The molecule has 0 unspecified atom stereocenters. The Balaban J connectivity index is 0.000000160. The van der Waals surface area contributed by atoms with Crippen molar-refractivity contribution in [3.05, 3.63) is 168 Å². The second-order valence-electron chi connectivity index (χ2n) is 15.7. The van der Waals surface area contributed by atoms with E-state index >= 15 is 0 Å². The summed E-state index contributed by atoms with van der Waals surface area (Å²) >= 11 is 0. The highest BCUT2D eigenvalue weighted by Gasteiger charge is 2.15. The third kappa shape index (κ3) is 12.6. The van der Waals surface area contributed by atoms with Gasteiger partial charge in [-0.3, -0.25) is 4.79 Å². The van der Waals surface area contributed by atoms with Gasteiger partial charge in [0.15, 0.2) is 58.2 Å². The van der Waals surface area contributed by atoms with Gasteiger partial charge in [0.25, 0.3) is 0 Å². The first kappa shape index (κ1) is 50.6. The minimum absolute atomic E-state index is 0.187. The quantitative estimate of drug-likeness (QED) is 0.0922. The second-order valence-corrected chi connectivity index (χ2v) is 15.7. The molecule has 0 saturated heterocycles. The van der Waals surface area contributed by atoms with Crippen molar-refractivity contribution in [3.63, 3.8) is 0 Å². The summed E-state index contributed by atoms with van der Waals surface area (Å²) in [5.74, 6) is 5.95. The fourth-order valence-electron chi connectivity index (χ4n) is 6.82. The predicted octanol–water partition coefficient (Wildman–Crippen LogP) is 12.9. The number of aromatic nitrogens is 3. The molecular formula is C56H55N3O11. The SMILES string of the molecule is COc1ccc(-c2ncc(-c3ccc(C)c(C)c3)o2)cc1OC.COc1ccc(-c2ncc(-c3ccc(O)c(O)c3)o2)cc1OC.COc1ccc(C=O)cc1C.Cc1ccc(-c2cnco2)cc1C. The van der Waals surface area contributed by atoms with Crippen molar-refractivity contribution in [3.8, 4) is 97.1 Å². The lowest BCUT2D eigenvalue weighted by atomic mass is 10.1. The van der Waals surface area contributed by atoms with Crippen molar-refractivity contribution in [2.45, 2.75) is 34.6 Å². The highest BCUT2D eigenvalue weighted by Crippen LogP contribution is 2.36. The lowest BCUT2D eigenvalue weighted by molar-refractivity contribution is 0.112. The fraction of sp³-hybridized carbons (Fsp3) is 0.179. The van der Waals surface area contributed by atoms with Crippen LogP contribution in [0, 0.1) is 34.6 Å². The van der Waals surface area contributed by atoms with Crippen LogP contribution < -0.4 is 23.7 Å². The zero-order valence-electron chi connectivity index (χ0n) is 40.7. The van der Waals surface area contributed by atoms with Crippen LogP contribution in [0.5, 0.6) is 40.2 Å². The number of phenols is 2. The van der Waals surface area contributed by atoms with Gasteiger partial charge in [-0.2, -0.15) is 0 Å². The number of carbonyl (C=O) groups excluding carboxylic acids is 1. The van der Waals surface area contributed by atoms with Crippen LogP contribution in [-0.4, -0.2) is 67.0 Å². The number of aromatic hydroxyl groups is 2. The van der Waals surface area contributed by atoms with Crippen LogP contribution in [0.25, 0.3) is 56.9 Å². The number of benzene rings is 6. The predicted molar refractivity (Wildman–Crippen MR) is 268 cm³/mol. The Hall–Kier alpha value is -8.78. The summed E-state index contributed by atoms with van der Waals surface area (Å²) in [6.45, 7) is 10.3.